The van der Waals surface area contributed by atoms with Crippen molar-refractivity contribution in [3.8, 4) is 0 Å². The van der Waals surface area contributed by atoms with Crippen molar-refractivity contribution in [2.75, 3.05) is 18.4 Å². The van der Waals surface area contributed by atoms with Crippen LogP contribution in [0.3, 0.4) is 0 Å². The van der Waals surface area contributed by atoms with Crippen molar-refractivity contribution in [2.45, 2.75) is 32.2 Å². The van der Waals surface area contributed by atoms with Gasteiger partial charge >= 0.3 is 4.87 Å². The molecule has 0 atom stereocenters. The van der Waals surface area contributed by atoms with E-state index in [0.717, 1.165) is 11.3 Å². The molecule has 10 heteroatoms. The number of hydrogen-bond donors (Lipinski definition) is 1. The third-order valence-corrected chi connectivity index (χ3v) is 7.09. The summed E-state index contributed by atoms with van der Waals surface area (Å²) in [5, 5.41) is 4.46. The summed E-state index contributed by atoms with van der Waals surface area (Å²) in [6.45, 7) is 5.74. The highest BCUT2D eigenvalue weighted by molar-refractivity contribution is 7.89. The number of thiazole rings is 1. The van der Waals surface area contributed by atoms with Crippen LogP contribution in [0.1, 0.15) is 19.5 Å². The van der Waals surface area contributed by atoms with Gasteiger partial charge in [-0.3, -0.25) is 14.2 Å². The van der Waals surface area contributed by atoms with Gasteiger partial charge in [-0.15, -0.1) is 0 Å². The highest BCUT2D eigenvalue weighted by Gasteiger charge is 2.23. The third-order valence-electron chi connectivity index (χ3n) is 3.83. The Balaban J connectivity index is 2.28. The molecule has 0 unspecified atom stereocenters. The molecule has 0 aliphatic rings. The Kier molecular flexibility index (Phi) is 6.62. The normalized spacial score (nSPS) is 11.7. The number of carbonyl (C=O) groups excluding carboxylic acids is 1. The second-order valence-corrected chi connectivity index (χ2v) is 8.67. The van der Waals surface area contributed by atoms with E-state index in [2.05, 4.69) is 5.32 Å². The van der Waals surface area contributed by atoms with Gasteiger partial charge in [-0.05, 0) is 25.1 Å². The molecule has 1 aromatic heterocycles. The summed E-state index contributed by atoms with van der Waals surface area (Å²) in [6, 6.07) is 4.16. The lowest BCUT2D eigenvalue weighted by atomic mass is 10.3. The van der Waals surface area contributed by atoms with E-state index in [1.54, 1.807) is 26.2 Å². The highest BCUT2D eigenvalue weighted by atomic mass is 35.5. The van der Waals surface area contributed by atoms with Gasteiger partial charge in [-0.1, -0.05) is 36.8 Å². The lowest BCUT2D eigenvalue weighted by molar-refractivity contribution is -0.116. The van der Waals surface area contributed by atoms with E-state index in [0.29, 0.717) is 18.8 Å². The van der Waals surface area contributed by atoms with Gasteiger partial charge in [0, 0.05) is 24.2 Å². The van der Waals surface area contributed by atoms with Crippen LogP contribution in [0.4, 0.5) is 5.69 Å². The van der Waals surface area contributed by atoms with Crippen molar-refractivity contribution < 1.29 is 13.2 Å². The molecule has 142 valence electrons. The predicted molar refractivity (Wildman–Crippen MR) is 104 cm³/mol. The molecule has 1 amide bonds. The largest absolute Gasteiger partial charge is 0.323 e. The van der Waals surface area contributed by atoms with Gasteiger partial charge in [0.1, 0.15) is 6.54 Å². The minimum absolute atomic E-state index is 0.0461. The minimum atomic E-state index is -3.67. The lowest BCUT2D eigenvalue weighted by Crippen LogP contribution is -2.30. The molecule has 0 saturated carbocycles. The first-order chi connectivity index (χ1) is 12.2. The van der Waals surface area contributed by atoms with Crippen LogP contribution >= 0.6 is 22.9 Å². The number of halogens is 1. The Labute approximate surface area is 161 Å². The molecule has 0 spiro atoms. The topological polar surface area (TPSA) is 88.5 Å². The quantitative estimate of drug-likeness (QED) is 0.749. The van der Waals surface area contributed by atoms with Gasteiger partial charge in [0.25, 0.3) is 0 Å². The maximum atomic E-state index is 12.6. The van der Waals surface area contributed by atoms with E-state index < -0.39 is 15.9 Å². The predicted octanol–water partition coefficient (Wildman–Crippen LogP) is 2.54. The number of carbonyl (C=O) groups is 1. The Morgan fingerprint density at radius 1 is 1.31 bits per heavy atom. The van der Waals surface area contributed by atoms with Gasteiger partial charge in [-0.2, -0.15) is 4.31 Å². The maximum absolute atomic E-state index is 12.6. The molecule has 2 rings (SSSR count). The van der Waals surface area contributed by atoms with Crippen molar-refractivity contribution in [3.63, 3.8) is 0 Å². The zero-order chi connectivity index (χ0) is 19.5. The molecule has 0 bridgehead atoms. The molecular weight excluding hydrogens is 398 g/mol. The standard InChI is InChI=1S/C16H20ClN3O4S2/c1-4-19(5-2)26(23,24)12-6-7-13(17)14(8-12)18-15(21)9-20-11(3)10-25-16(20)22/h6-8,10H,4-5,9H2,1-3H3,(H,18,21). The summed E-state index contributed by atoms with van der Waals surface area (Å²) >= 11 is 7.11. The van der Waals surface area contributed by atoms with Gasteiger partial charge < -0.3 is 5.32 Å². The Morgan fingerprint density at radius 3 is 2.50 bits per heavy atom. The second-order valence-electron chi connectivity index (χ2n) is 5.51. The summed E-state index contributed by atoms with van der Waals surface area (Å²) in [6.07, 6.45) is 0. The number of benzene rings is 1. The van der Waals surface area contributed by atoms with E-state index in [1.807, 2.05) is 0 Å². The number of nitrogens with zero attached hydrogens (tertiary/aromatic N) is 2. The lowest BCUT2D eigenvalue weighted by Gasteiger charge is -2.19. The first-order valence-electron chi connectivity index (χ1n) is 7.95. The van der Waals surface area contributed by atoms with Crippen LogP contribution in [-0.2, 0) is 21.4 Å². The number of nitrogens with one attached hydrogen (secondary N) is 1. The Hall–Kier alpha value is -1.68. The molecule has 26 heavy (non-hydrogen) atoms. The number of rotatable bonds is 7. The molecule has 0 radical (unpaired) electrons. The molecule has 1 aromatic carbocycles. The Morgan fingerprint density at radius 2 is 1.96 bits per heavy atom. The number of aryl methyl sites for hydroxylation is 1. The van der Waals surface area contributed by atoms with Crippen molar-refractivity contribution in [2.24, 2.45) is 0 Å². The van der Waals surface area contributed by atoms with Crippen molar-refractivity contribution in [3.05, 3.63) is 44.0 Å². The van der Waals surface area contributed by atoms with Crippen molar-refractivity contribution in [1.82, 2.24) is 8.87 Å². The molecule has 0 fully saturated rings. The zero-order valence-electron chi connectivity index (χ0n) is 14.7. The average Bonchev–Trinajstić information content (AvgIpc) is 2.89. The number of aromatic nitrogens is 1. The molecule has 0 aliphatic heterocycles. The number of amides is 1. The van der Waals surface area contributed by atoms with Crippen LogP contribution in [0.25, 0.3) is 0 Å². The van der Waals surface area contributed by atoms with Gasteiger partial charge in [0.15, 0.2) is 0 Å². The van der Waals surface area contributed by atoms with E-state index >= 15 is 0 Å². The maximum Gasteiger partial charge on any atom is 0.307 e. The number of sulfonamides is 1. The van der Waals surface area contributed by atoms with Crippen molar-refractivity contribution >= 4 is 44.6 Å². The van der Waals surface area contributed by atoms with Gasteiger partial charge in [-0.25, -0.2) is 8.42 Å². The van der Waals surface area contributed by atoms with E-state index in [-0.39, 0.29) is 27.0 Å². The molecular formula is C16H20ClN3O4S2. The molecule has 0 aliphatic carbocycles. The van der Waals surface area contributed by atoms with Gasteiger partial charge in [0.05, 0.1) is 15.6 Å². The van der Waals surface area contributed by atoms with Crippen LogP contribution < -0.4 is 10.2 Å². The molecule has 7 nitrogen and oxygen atoms in total. The first-order valence-corrected chi connectivity index (χ1v) is 10.6. The monoisotopic (exact) mass is 417 g/mol. The summed E-state index contributed by atoms with van der Waals surface area (Å²) in [5.74, 6) is -0.465. The van der Waals surface area contributed by atoms with E-state index in [9.17, 15) is 18.0 Å². The summed E-state index contributed by atoms with van der Waals surface area (Å²) in [5.41, 5.74) is 0.866. The zero-order valence-corrected chi connectivity index (χ0v) is 17.0. The van der Waals surface area contributed by atoms with Crippen molar-refractivity contribution in [1.29, 1.82) is 0 Å². The van der Waals surface area contributed by atoms with E-state index in [4.69, 9.17) is 11.6 Å². The van der Waals surface area contributed by atoms with Crippen LogP contribution in [0, 0.1) is 6.92 Å². The fourth-order valence-electron chi connectivity index (χ4n) is 2.40. The number of hydrogen-bond acceptors (Lipinski definition) is 5. The summed E-state index contributed by atoms with van der Waals surface area (Å²) in [4.78, 5) is 23.8. The fourth-order valence-corrected chi connectivity index (χ4v) is 4.79. The molecule has 1 N–H and O–H groups in total. The van der Waals surface area contributed by atoms with Crippen LogP contribution in [0.2, 0.25) is 5.02 Å². The van der Waals surface area contributed by atoms with Crippen LogP contribution in [0.15, 0.2) is 33.3 Å². The third kappa shape index (κ3) is 4.35. The fraction of sp³-hybridized carbons (Fsp3) is 0.375. The molecule has 1 heterocycles. The smallest absolute Gasteiger partial charge is 0.307 e. The first kappa shape index (κ1) is 20.6. The highest BCUT2D eigenvalue weighted by Crippen LogP contribution is 2.27. The average molecular weight is 418 g/mol. The second kappa shape index (κ2) is 8.34. The summed E-state index contributed by atoms with van der Waals surface area (Å²) in [7, 11) is -3.67. The summed E-state index contributed by atoms with van der Waals surface area (Å²) < 4.78 is 27.9. The van der Waals surface area contributed by atoms with Crippen LogP contribution in [0.5, 0.6) is 0 Å². The number of anilines is 1. The van der Waals surface area contributed by atoms with E-state index in [1.165, 1.54) is 27.1 Å². The minimum Gasteiger partial charge on any atom is -0.323 e. The van der Waals surface area contributed by atoms with Gasteiger partial charge in [0.2, 0.25) is 15.9 Å². The Bertz CT molecular complexity index is 962. The molecule has 2 aromatic rings. The van der Waals surface area contributed by atoms with Crippen LogP contribution in [-0.4, -0.2) is 36.3 Å². The SMILES string of the molecule is CCN(CC)S(=O)(=O)c1ccc(Cl)c(NC(=O)Cn2c(C)csc2=O)c1. The molecule has 0 saturated heterocycles.